The fraction of sp³-hybridized carbons (Fsp3) is 0.250. The van der Waals surface area contributed by atoms with E-state index in [1.807, 2.05) is 20.8 Å². The summed E-state index contributed by atoms with van der Waals surface area (Å²) in [7, 11) is 1.55. The molecular weight excluding hydrogens is 557 g/mol. The van der Waals surface area contributed by atoms with Crippen molar-refractivity contribution >= 4 is 29.4 Å². The van der Waals surface area contributed by atoms with Crippen LogP contribution in [0.3, 0.4) is 0 Å². The number of benzene rings is 3. The van der Waals surface area contributed by atoms with E-state index in [2.05, 4.69) is 10.6 Å². The molecule has 0 saturated carbocycles. The van der Waals surface area contributed by atoms with Gasteiger partial charge in [-0.05, 0) is 92.9 Å². The second-order valence-corrected chi connectivity index (χ2v) is 10.9. The Kier molecular flexibility index (Phi) is 8.13. The number of carbonyl (C=O) groups excluding carboxylic acids is 2. The summed E-state index contributed by atoms with van der Waals surface area (Å²) < 4.78 is 15.1. The molecule has 216 valence electrons. The summed E-state index contributed by atoms with van der Waals surface area (Å²) in [6.07, 6.45) is 0.323. The molecule has 2 N–H and O–H groups in total. The topological polar surface area (TPSA) is 96.3 Å². The SMILES string of the molecule is CNC(=O)c1ccc(-n2c(N[C@@H](C)c3ccc(F)cc3)nc3c(c2=O)C[C@@H](C)N(C(=O)c2ccc(Cl)c(C)c2)C3)cc1. The number of rotatable bonds is 6. The highest BCUT2D eigenvalue weighted by molar-refractivity contribution is 6.31. The first-order valence-corrected chi connectivity index (χ1v) is 14.0. The smallest absolute Gasteiger partial charge is 0.263 e. The zero-order valence-electron chi connectivity index (χ0n) is 23.7. The van der Waals surface area contributed by atoms with Gasteiger partial charge in [-0.1, -0.05) is 23.7 Å². The fourth-order valence-electron chi connectivity index (χ4n) is 5.15. The standard InChI is InChI=1S/C32H31ClFN5O3/c1-18-15-23(9-14-27(18)33)30(41)38-17-28-26(16-19(38)2)31(42)39(25-12-7-22(8-13-25)29(40)35-4)32(37-28)36-20(3)21-5-10-24(34)11-6-21/h5-15,19-20H,16-17H2,1-4H3,(H,35,40)(H,36,37)/t19-,20+/m1/s1. The van der Waals surface area contributed by atoms with Gasteiger partial charge in [0.05, 0.1) is 24.0 Å². The highest BCUT2D eigenvalue weighted by Crippen LogP contribution is 2.27. The summed E-state index contributed by atoms with van der Waals surface area (Å²) in [5, 5.41) is 6.49. The monoisotopic (exact) mass is 587 g/mol. The Labute approximate surface area is 248 Å². The van der Waals surface area contributed by atoms with Crippen LogP contribution in [-0.2, 0) is 13.0 Å². The molecule has 2 amide bonds. The van der Waals surface area contributed by atoms with Gasteiger partial charge in [0.15, 0.2) is 0 Å². The Morgan fingerprint density at radius 1 is 1.05 bits per heavy atom. The molecule has 2 heterocycles. The first-order valence-electron chi connectivity index (χ1n) is 13.6. The Morgan fingerprint density at radius 3 is 2.36 bits per heavy atom. The largest absolute Gasteiger partial charge is 0.355 e. The highest BCUT2D eigenvalue weighted by atomic mass is 35.5. The van der Waals surface area contributed by atoms with E-state index >= 15 is 0 Å². The van der Waals surface area contributed by atoms with Crippen molar-refractivity contribution in [3.8, 4) is 5.69 Å². The number of aromatic nitrogens is 2. The minimum Gasteiger partial charge on any atom is -0.355 e. The molecule has 1 aliphatic rings. The van der Waals surface area contributed by atoms with E-state index in [1.165, 1.54) is 16.7 Å². The van der Waals surface area contributed by atoms with Crippen molar-refractivity contribution in [2.24, 2.45) is 0 Å². The lowest BCUT2D eigenvalue weighted by molar-refractivity contribution is 0.0653. The van der Waals surface area contributed by atoms with Crippen LogP contribution in [0.15, 0.2) is 71.5 Å². The van der Waals surface area contributed by atoms with Crippen LogP contribution < -0.4 is 16.2 Å². The molecule has 2 atom stereocenters. The van der Waals surface area contributed by atoms with Gasteiger partial charge in [0.1, 0.15) is 5.82 Å². The van der Waals surface area contributed by atoms with Crippen molar-refractivity contribution in [2.75, 3.05) is 12.4 Å². The van der Waals surface area contributed by atoms with Gasteiger partial charge in [-0.2, -0.15) is 0 Å². The summed E-state index contributed by atoms with van der Waals surface area (Å²) >= 11 is 6.17. The first-order chi connectivity index (χ1) is 20.1. The van der Waals surface area contributed by atoms with Gasteiger partial charge in [0, 0.05) is 34.8 Å². The summed E-state index contributed by atoms with van der Waals surface area (Å²) in [6, 6.07) is 17.3. The van der Waals surface area contributed by atoms with E-state index in [9.17, 15) is 18.8 Å². The molecule has 0 fully saturated rings. The summed E-state index contributed by atoms with van der Waals surface area (Å²) in [5.41, 5.74) is 3.86. The van der Waals surface area contributed by atoms with Crippen molar-refractivity contribution in [1.82, 2.24) is 19.8 Å². The number of amides is 2. The molecule has 1 aromatic heterocycles. The lowest BCUT2D eigenvalue weighted by Crippen LogP contribution is -2.46. The number of aryl methyl sites for hydroxylation is 1. The Bertz CT molecular complexity index is 1720. The highest BCUT2D eigenvalue weighted by Gasteiger charge is 2.32. The maximum absolute atomic E-state index is 14.1. The Morgan fingerprint density at radius 2 is 1.71 bits per heavy atom. The van der Waals surface area contributed by atoms with E-state index in [0.29, 0.717) is 39.5 Å². The molecule has 10 heteroatoms. The predicted octanol–water partition coefficient (Wildman–Crippen LogP) is 5.45. The summed E-state index contributed by atoms with van der Waals surface area (Å²) in [6.45, 7) is 5.80. The zero-order chi connectivity index (χ0) is 30.1. The number of anilines is 1. The van der Waals surface area contributed by atoms with Crippen LogP contribution in [0.2, 0.25) is 5.02 Å². The molecule has 0 radical (unpaired) electrons. The number of nitrogens with zero attached hydrogens (tertiary/aromatic N) is 3. The quantitative estimate of drug-likeness (QED) is 0.313. The van der Waals surface area contributed by atoms with Gasteiger partial charge in [0.25, 0.3) is 17.4 Å². The molecule has 42 heavy (non-hydrogen) atoms. The number of nitrogens with one attached hydrogen (secondary N) is 2. The minimum atomic E-state index is -0.347. The van der Waals surface area contributed by atoms with Crippen LogP contribution in [0.5, 0.6) is 0 Å². The predicted molar refractivity (Wildman–Crippen MR) is 161 cm³/mol. The maximum atomic E-state index is 14.1. The summed E-state index contributed by atoms with van der Waals surface area (Å²) in [5.74, 6) is -0.485. The molecule has 4 aromatic rings. The maximum Gasteiger partial charge on any atom is 0.263 e. The van der Waals surface area contributed by atoms with Crippen molar-refractivity contribution in [3.63, 3.8) is 0 Å². The third-order valence-corrected chi connectivity index (χ3v) is 8.03. The van der Waals surface area contributed by atoms with Crippen LogP contribution in [-0.4, -0.2) is 39.4 Å². The van der Waals surface area contributed by atoms with Crippen LogP contribution >= 0.6 is 11.6 Å². The van der Waals surface area contributed by atoms with E-state index in [4.69, 9.17) is 16.6 Å². The average Bonchev–Trinajstić information content (AvgIpc) is 2.98. The van der Waals surface area contributed by atoms with Crippen molar-refractivity contribution < 1.29 is 14.0 Å². The third-order valence-electron chi connectivity index (χ3n) is 7.61. The van der Waals surface area contributed by atoms with Crippen molar-refractivity contribution in [2.45, 2.75) is 45.8 Å². The molecule has 0 aliphatic carbocycles. The number of hydrogen-bond acceptors (Lipinski definition) is 5. The van der Waals surface area contributed by atoms with Crippen LogP contribution in [0.4, 0.5) is 10.3 Å². The van der Waals surface area contributed by atoms with E-state index < -0.39 is 0 Å². The normalized spacial score (nSPS) is 15.1. The van der Waals surface area contributed by atoms with Gasteiger partial charge >= 0.3 is 0 Å². The second-order valence-electron chi connectivity index (χ2n) is 10.5. The van der Waals surface area contributed by atoms with Gasteiger partial charge < -0.3 is 15.5 Å². The van der Waals surface area contributed by atoms with Gasteiger partial charge in [-0.3, -0.25) is 14.4 Å². The van der Waals surface area contributed by atoms with Crippen LogP contribution in [0, 0.1) is 12.7 Å². The van der Waals surface area contributed by atoms with Gasteiger partial charge in [-0.15, -0.1) is 0 Å². The molecule has 1 aliphatic heterocycles. The van der Waals surface area contributed by atoms with E-state index in [-0.39, 0.29) is 47.8 Å². The van der Waals surface area contributed by atoms with Crippen molar-refractivity contribution in [1.29, 1.82) is 0 Å². The average molecular weight is 588 g/mol. The van der Waals surface area contributed by atoms with E-state index in [0.717, 1.165) is 11.1 Å². The summed E-state index contributed by atoms with van der Waals surface area (Å²) in [4.78, 5) is 46.3. The minimum absolute atomic E-state index is 0.155. The van der Waals surface area contributed by atoms with E-state index in [1.54, 1.807) is 66.5 Å². The Hall–Kier alpha value is -4.50. The van der Waals surface area contributed by atoms with Gasteiger partial charge in [-0.25, -0.2) is 13.9 Å². The number of halogens is 2. The third kappa shape index (κ3) is 5.65. The number of carbonyl (C=O) groups is 2. The zero-order valence-corrected chi connectivity index (χ0v) is 24.5. The lowest BCUT2D eigenvalue weighted by Gasteiger charge is -2.35. The molecule has 0 unspecified atom stereocenters. The molecule has 3 aromatic carbocycles. The first kappa shape index (κ1) is 29.0. The van der Waals surface area contributed by atoms with Crippen molar-refractivity contribution in [3.05, 3.63) is 121 Å². The molecule has 0 spiro atoms. The molecule has 8 nitrogen and oxygen atoms in total. The Balaban J connectivity index is 1.57. The fourth-order valence-corrected chi connectivity index (χ4v) is 5.26. The molecular formula is C32H31ClFN5O3. The molecule has 5 rings (SSSR count). The number of hydrogen-bond donors (Lipinski definition) is 2. The van der Waals surface area contributed by atoms with Crippen LogP contribution in [0.25, 0.3) is 5.69 Å². The van der Waals surface area contributed by atoms with Crippen LogP contribution in [0.1, 0.15) is 63.0 Å². The number of fused-ring (bicyclic) bond motifs is 1. The molecule has 0 bridgehead atoms. The second kappa shape index (κ2) is 11.8. The molecule has 0 saturated heterocycles. The lowest BCUT2D eigenvalue weighted by atomic mass is 9.98. The van der Waals surface area contributed by atoms with Gasteiger partial charge in [0.2, 0.25) is 5.95 Å².